The molecule has 0 radical (unpaired) electrons. The largest absolute Gasteiger partial charge is 0.493 e. The fourth-order valence-electron chi connectivity index (χ4n) is 4.20. The maximum atomic E-state index is 11.6. The van der Waals surface area contributed by atoms with Gasteiger partial charge in [-0.2, -0.15) is 0 Å². The molecule has 4 aromatic rings. The first-order chi connectivity index (χ1) is 16.5. The number of hydrogen-bond acceptors (Lipinski definition) is 8. The molecule has 5 rings (SSSR count). The van der Waals surface area contributed by atoms with Crippen molar-refractivity contribution in [2.24, 2.45) is 0 Å². The lowest BCUT2D eigenvalue weighted by atomic mass is 10.2. The Bertz CT molecular complexity index is 1410. The number of para-hydroxylation sites is 1. The number of aromatic nitrogens is 3. The summed E-state index contributed by atoms with van der Waals surface area (Å²) in [5.74, 6) is 2.37. The van der Waals surface area contributed by atoms with Crippen LogP contribution in [0, 0.1) is 0 Å². The van der Waals surface area contributed by atoms with Crippen molar-refractivity contribution < 1.29 is 17.9 Å². The Kier molecular flexibility index (Phi) is 6.25. The summed E-state index contributed by atoms with van der Waals surface area (Å²) in [5, 5.41) is 5.35. The third-order valence-corrected chi connectivity index (χ3v) is 7.68. The first kappa shape index (κ1) is 22.4. The van der Waals surface area contributed by atoms with Crippen molar-refractivity contribution in [1.82, 2.24) is 19.9 Å². The second-order valence-corrected chi connectivity index (χ2v) is 10.6. The minimum Gasteiger partial charge on any atom is -0.493 e. The Labute approximate surface area is 198 Å². The van der Waals surface area contributed by atoms with Crippen molar-refractivity contribution in [2.75, 3.05) is 50.2 Å². The lowest BCUT2D eigenvalue weighted by Gasteiger charge is -2.26. The van der Waals surface area contributed by atoms with E-state index >= 15 is 0 Å². The average molecular weight is 482 g/mol. The molecule has 2 aromatic heterocycles. The molecule has 0 unspecified atom stereocenters. The fourth-order valence-corrected chi connectivity index (χ4v) is 5.47. The van der Waals surface area contributed by atoms with Gasteiger partial charge in [0.05, 0.1) is 41.9 Å². The number of nitrogens with zero attached hydrogens (tertiary/aromatic N) is 3. The molecule has 2 aromatic carbocycles. The van der Waals surface area contributed by atoms with Crippen LogP contribution >= 0.6 is 0 Å². The number of nitrogens with one attached hydrogen (secondary N) is 2. The quantitative estimate of drug-likeness (QED) is 0.369. The van der Waals surface area contributed by atoms with E-state index in [0.29, 0.717) is 37.0 Å². The van der Waals surface area contributed by atoms with Gasteiger partial charge in [0.1, 0.15) is 12.1 Å². The molecule has 1 saturated heterocycles. The Morgan fingerprint density at radius 2 is 1.97 bits per heavy atom. The van der Waals surface area contributed by atoms with Crippen molar-refractivity contribution in [3.05, 3.63) is 48.9 Å². The van der Waals surface area contributed by atoms with Gasteiger partial charge in [0.25, 0.3) is 0 Å². The molecule has 0 bridgehead atoms. The zero-order chi connectivity index (χ0) is 23.5. The molecule has 178 valence electrons. The summed E-state index contributed by atoms with van der Waals surface area (Å²) in [7, 11) is -1.25. The molecule has 1 aliphatic rings. The van der Waals surface area contributed by atoms with Gasteiger partial charge in [-0.3, -0.25) is 0 Å². The molecule has 2 N–H and O–H groups in total. The molecule has 9 nitrogen and oxygen atoms in total. The van der Waals surface area contributed by atoms with E-state index in [1.54, 1.807) is 7.11 Å². The molecule has 0 amide bonds. The van der Waals surface area contributed by atoms with Crippen LogP contribution in [0.1, 0.15) is 6.42 Å². The standard InChI is InChI=1S/C24H27N5O4S/c1-32-21-14-18-20(15-22(21)33-11-3-8-29-9-12-34(30,31)13-10-29)26-16-27-24(18)28-19-5-2-4-17-6-7-25-23(17)19/h2,4-7,14-16,25H,3,8-13H2,1H3,(H,26,27,28). The van der Waals surface area contributed by atoms with E-state index in [1.807, 2.05) is 36.5 Å². The average Bonchev–Trinajstić information content (AvgIpc) is 3.32. The Morgan fingerprint density at radius 1 is 1.12 bits per heavy atom. The van der Waals surface area contributed by atoms with Gasteiger partial charge >= 0.3 is 0 Å². The van der Waals surface area contributed by atoms with Crippen molar-refractivity contribution >= 4 is 43.1 Å². The summed E-state index contributed by atoms with van der Waals surface area (Å²) in [5.41, 5.74) is 2.67. The first-order valence-corrected chi connectivity index (χ1v) is 13.1. The van der Waals surface area contributed by atoms with Crippen LogP contribution in [0.2, 0.25) is 0 Å². The van der Waals surface area contributed by atoms with Crippen LogP contribution in [0.25, 0.3) is 21.8 Å². The third kappa shape index (κ3) is 4.78. The van der Waals surface area contributed by atoms with Crippen LogP contribution in [0.15, 0.2) is 48.9 Å². The molecule has 0 saturated carbocycles. The second-order valence-electron chi connectivity index (χ2n) is 8.31. The molecule has 34 heavy (non-hydrogen) atoms. The van der Waals surface area contributed by atoms with Crippen LogP contribution in [0.5, 0.6) is 11.5 Å². The summed E-state index contributed by atoms with van der Waals surface area (Å²) in [4.78, 5) is 14.3. The minimum atomic E-state index is -2.86. The van der Waals surface area contributed by atoms with Gasteiger partial charge in [-0.25, -0.2) is 18.4 Å². The van der Waals surface area contributed by atoms with E-state index in [-0.39, 0.29) is 11.5 Å². The highest BCUT2D eigenvalue weighted by atomic mass is 32.2. The zero-order valence-corrected chi connectivity index (χ0v) is 19.8. The number of fused-ring (bicyclic) bond motifs is 2. The third-order valence-electron chi connectivity index (χ3n) is 6.07. The number of rotatable bonds is 8. The van der Waals surface area contributed by atoms with E-state index in [1.165, 1.54) is 6.33 Å². The van der Waals surface area contributed by atoms with Gasteiger partial charge in [0, 0.05) is 42.7 Å². The van der Waals surface area contributed by atoms with Gasteiger partial charge in [0.2, 0.25) is 0 Å². The molecule has 0 spiro atoms. The lowest BCUT2D eigenvalue weighted by molar-refractivity contribution is 0.240. The Morgan fingerprint density at radius 3 is 2.79 bits per heavy atom. The molecule has 0 atom stereocenters. The molecular formula is C24H27N5O4S. The van der Waals surface area contributed by atoms with E-state index in [9.17, 15) is 8.42 Å². The van der Waals surface area contributed by atoms with Gasteiger partial charge in [-0.05, 0) is 24.6 Å². The molecule has 1 fully saturated rings. The first-order valence-electron chi connectivity index (χ1n) is 11.2. The second kappa shape index (κ2) is 9.47. The summed E-state index contributed by atoms with van der Waals surface area (Å²) in [6.45, 7) is 2.47. The Balaban J connectivity index is 1.30. The number of aromatic amines is 1. The number of anilines is 2. The smallest absolute Gasteiger partial charge is 0.163 e. The summed E-state index contributed by atoms with van der Waals surface area (Å²) in [6, 6.07) is 11.8. The highest BCUT2D eigenvalue weighted by Crippen LogP contribution is 2.35. The van der Waals surface area contributed by atoms with E-state index in [2.05, 4.69) is 31.2 Å². The van der Waals surface area contributed by atoms with E-state index < -0.39 is 9.84 Å². The van der Waals surface area contributed by atoms with Crippen molar-refractivity contribution in [3.63, 3.8) is 0 Å². The van der Waals surface area contributed by atoms with Crippen LogP contribution in [-0.2, 0) is 9.84 Å². The molecule has 1 aliphatic heterocycles. The molecule has 3 heterocycles. The minimum absolute atomic E-state index is 0.237. The zero-order valence-electron chi connectivity index (χ0n) is 19.0. The monoisotopic (exact) mass is 481 g/mol. The van der Waals surface area contributed by atoms with Crippen LogP contribution in [0.4, 0.5) is 11.5 Å². The van der Waals surface area contributed by atoms with Crippen molar-refractivity contribution in [3.8, 4) is 11.5 Å². The van der Waals surface area contributed by atoms with E-state index in [0.717, 1.165) is 40.5 Å². The topological polar surface area (TPSA) is 109 Å². The van der Waals surface area contributed by atoms with Gasteiger partial charge in [-0.15, -0.1) is 0 Å². The Hall–Kier alpha value is -3.37. The highest BCUT2D eigenvalue weighted by Gasteiger charge is 2.21. The lowest BCUT2D eigenvalue weighted by Crippen LogP contribution is -2.40. The van der Waals surface area contributed by atoms with Crippen LogP contribution < -0.4 is 14.8 Å². The van der Waals surface area contributed by atoms with Gasteiger partial charge in [-0.1, -0.05) is 12.1 Å². The number of hydrogen-bond donors (Lipinski definition) is 2. The SMILES string of the molecule is COc1cc2c(Nc3cccc4cc[nH]c34)ncnc2cc1OCCCN1CCS(=O)(=O)CC1. The number of benzene rings is 2. The number of methoxy groups -OCH3 is 1. The van der Waals surface area contributed by atoms with Crippen LogP contribution in [0.3, 0.4) is 0 Å². The fraction of sp³-hybridized carbons (Fsp3) is 0.333. The van der Waals surface area contributed by atoms with Crippen LogP contribution in [-0.4, -0.2) is 73.1 Å². The molecule has 10 heteroatoms. The normalized spacial score (nSPS) is 16.0. The maximum Gasteiger partial charge on any atom is 0.163 e. The number of ether oxygens (including phenoxy) is 2. The number of sulfone groups is 1. The van der Waals surface area contributed by atoms with Crippen molar-refractivity contribution in [1.29, 1.82) is 0 Å². The summed E-state index contributed by atoms with van der Waals surface area (Å²) < 4.78 is 34.8. The number of H-pyrrole nitrogens is 1. The molecule has 0 aliphatic carbocycles. The van der Waals surface area contributed by atoms with Gasteiger partial charge in [0.15, 0.2) is 21.3 Å². The summed E-state index contributed by atoms with van der Waals surface area (Å²) >= 11 is 0. The predicted molar refractivity (Wildman–Crippen MR) is 133 cm³/mol. The summed E-state index contributed by atoms with van der Waals surface area (Å²) in [6.07, 6.45) is 4.23. The molecular weight excluding hydrogens is 454 g/mol. The van der Waals surface area contributed by atoms with Gasteiger partial charge < -0.3 is 24.7 Å². The van der Waals surface area contributed by atoms with E-state index in [4.69, 9.17) is 9.47 Å². The highest BCUT2D eigenvalue weighted by molar-refractivity contribution is 7.91. The predicted octanol–water partition coefficient (Wildman–Crippen LogP) is 3.36. The van der Waals surface area contributed by atoms with Crippen molar-refractivity contribution in [2.45, 2.75) is 6.42 Å². The maximum absolute atomic E-state index is 11.6.